The predicted octanol–water partition coefficient (Wildman–Crippen LogP) is 3.22. The number of hydrogen-bond acceptors (Lipinski definition) is 2. The van der Waals surface area contributed by atoms with Crippen LogP contribution in [0.25, 0.3) is 10.8 Å². The number of ether oxygens (including phenoxy) is 1. The largest absolute Gasteiger partial charge is 0.359 e. The van der Waals surface area contributed by atoms with Crippen LogP contribution in [0.5, 0.6) is 0 Å². The summed E-state index contributed by atoms with van der Waals surface area (Å²) in [5.41, 5.74) is 6.98. The van der Waals surface area contributed by atoms with Gasteiger partial charge in [-0.25, -0.2) is 0 Å². The van der Waals surface area contributed by atoms with Gasteiger partial charge in [0.15, 0.2) is 0 Å². The van der Waals surface area contributed by atoms with Crippen LogP contribution in [-0.2, 0) is 4.74 Å². The smallest absolute Gasteiger partial charge is 0.131 e. The van der Waals surface area contributed by atoms with Crippen molar-refractivity contribution < 1.29 is 4.74 Å². The Hall–Kier alpha value is -1.38. The van der Waals surface area contributed by atoms with Crippen molar-refractivity contribution in [1.82, 2.24) is 0 Å². The summed E-state index contributed by atoms with van der Waals surface area (Å²) >= 11 is 0. The van der Waals surface area contributed by atoms with Crippen LogP contribution in [0.15, 0.2) is 42.5 Å². The van der Waals surface area contributed by atoms with E-state index in [0.717, 1.165) is 12.0 Å². The Morgan fingerprint density at radius 1 is 1.12 bits per heavy atom. The van der Waals surface area contributed by atoms with E-state index in [1.165, 1.54) is 10.8 Å². The Kier molecular flexibility index (Phi) is 3.54. The fourth-order valence-electron chi connectivity index (χ4n) is 1.73. The maximum Gasteiger partial charge on any atom is 0.131 e. The van der Waals surface area contributed by atoms with Gasteiger partial charge in [-0.2, -0.15) is 0 Å². The number of benzene rings is 2. The lowest BCUT2D eigenvalue weighted by atomic mass is 10.1. The van der Waals surface area contributed by atoms with Crippen LogP contribution in [0.4, 0.5) is 0 Å². The lowest BCUT2D eigenvalue weighted by Crippen LogP contribution is -2.14. The van der Waals surface area contributed by atoms with Crippen molar-refractivity contribution in [1.29, 1.82) is 0 Å². The highest BCUT2D eigenvalue weighted by molar-refractivity contribution is 5.83. The first-order valence-electron chi connectivity index (χ1n) is 5.67. The average molecular weight is 215 g/mol. The Morgan fingerprint density at radius 2 is 1.88 bits per heavy atom. The topological polar surface area (TPSA) is 35.2 Å². The third-order valence-electron chi connectivity index (χ3n) is 2.60. The molecule has 84 valence electrons. The van der Waals surface area contributed by atoms with Crippen molar-refractivity contribution in [3.05, 3.63) is 48.0 Å². The zero-order chi connectivity index (χ0) is 11.4. The summed E-state index contributed by atoms with van der Waals surface area (Å²) < 4.78 is 5.50. The highest BCUT2D eigenvalue weighted by Gasteiger charge is 2.05. The molecule has 2 N–H and O–H groups in total. The summed E-state index contributed by atoms with van der Waals surface area (Å²) in [5.74, 6) is 0. The molecule has 0 aliphatic carbocycles. The minimum Gasteiger partial charge on any atom is -0.359 e. The van der Waals surface area contributed by atoms with Gasteiger partial charge in [-0.05, 0) is 28.8 Å². The van der Waals surface area contributed by atoms with Crippen LogP contribution < -0.4 is 5.73 Å². The fourth-order valence-corrected chi connectivity index (χ4v) is 1.73. The third-order valence-corrected chi connectivity index (χ3v) is 2.60. The summed E-state index contributed by atoms with van der Waals surface area (Å²) in [4.78, 5) is 0. The Labute approximate surface area is 96.0 Å². The molecule has 2 rings (SSSR count). The molecule has 1 atom stereocenters. The second kappa shape index (κ2) is 5.10. The van der Waals surface area contributed by atoms with E-state index >= 15 is 0 Å². The fraction of sp³-hybridized carbons (Fsp3) is 0.286. The van der Waals surface area contributed by atoms with Crippen LogP contribution in [0.2, 0.25) is 0 Å². The number of nitrogens with two attached hydrogens (primary N) is 1. The molecule has 0 bridgehead atoms. The van der Waals surface area contributed by atoms with Crippen molar-refractivity contribution in [2.75, 3.05) is 6.61 Å². The van der Waals surface area contributed by atoms with Crippen LogP contribution >= 0.6 is 0 Å². The second-order valence-corrected chi connectivity index (χ2v) is 3.90. The van der Waals surface area contributed by atoms with Crippen LogP contribution in [0.3, 0.4) is 0 Å². The van der Waals surface area contributed by atoms with E-state index in [1.54, 1.807) is 0 Å². The lowest BCUT2D eigenvalue weighted by molar-refractivity contribution is 0.0578. The molecule has 2 nitrogen and oxygen atoms in total. The van der Waals surface area contributed by atoms with E-state index in [9.17, 15) is 0 Å². The summed E-state index contributed by atoms with van der Waals surface area (Å²) in [5, 5.41) is 2.43. The van der Waals surface area contributed by atoms with E-state index < -0.39 is 0 Å². The van der Waals surface area contributed by atoms with Gasteiger partial charge < -0.3 is 10.5 Å². The first-order chi connectivity index (χ1) is 7.81. The van der Waals surface area contributed by atoms with Gasteiger partial charge in [0.2, 0.25) is 0 Å². The maximum atomic E-state index is 5.95. The molecule has 16 heavy (non-hydrogen) atoms. The molecule has 0 aliphatic rings. The number of fused-ring (bicyclic) bond motifs is 1. The minimum atomic E-state index is -0.315. The first kappa shape index (κ1) is 11.1. The van der Waals surface area contributed by atoms with Crippen LogP contribution in [-0.4, -0.2) is 6.61 Å². The molecule has 0 saturated heterocycles. The molecule has 0 amide bonds. The molecule has 0 spiro atoms. The molecule has 2 aromatic rings. The molecule has 2 aromatic carbocycles. The van der Waals surface area contributed by atoms with Crippen molar-refractivity contribution in [2.45, 2.75) is 19.6 Å². The molecule has 0 fully saturated rings. The van der Waals surface area contributed by atoms with Gasteiger partial charge in [-0.1, -0.05) is 43.3 Å². The molecule has 0 aromatic heterocycles. The van der Waals surface area contributed by atoms with E-state index in [-0.39, 0.29) is 6.23 Å². The van der Waals surface area contributed by atoms with Crippen LogP contribution in [0, 0.1) is 0 Å². The van der Waals surface area contributed by atoms with Gasteiger partial charge in [-0.3, -0.25) is 0 Å². The summed E-state index contributed by atoms with van der Waals surface area (Å²) in [6.45, 7) is 2.78. The van der Waals surface area contributed by atoms with Crippen molar-refractivity contribution >= 4 is 10.8 Å². The quantitative estimate of drug-likeness (QED) is 0.795. The molecule has 0 heterocycles. The van der Waals surface area contributed by atoms with Gasteiger partial charge in [0.25, 0.3) is 0 Å². The summed E-state index contributed by atoms with van der Waals surface area (Å²) in [7, 11) is 0. The van der Waals surface area contributed by atoms with Gasteiger partial charge in [0.1, 0.15) is 6.23 Å². The van der Waals surface area contributed by atoms with Gasteiger partial charge in [-0.15, -0.1) is 0 Å². The molecule has 0 aliphatic heterocycles. The van der Waals surface area contributed by atoms with Crippen molar-refractivity contribution in [3.8, 4) is 0 Å². The number of hydrogen-bond donors (Lipinski definition) is 1. The SMILES string of the molecule is CCCOC(N)c1ccc2ccccc2c1. The Bertz CT molecular complexity index is 467. The zero-order valence-electron chi connectivity index (χ0n) is 9.52. The third kappa shape index (κ3) is 2.40. The molecule has 0 saturated carbocycles. The van der Waals surface area contributed by atoms with Crippen molar-refractivity contribution in [2.24, 2.45) is 5.73 Å². The Morgan fingerprint density at radius 3 is 2.62 bits per heavy atom. The van der Waals surface area contributed by atoms with E-state index in [2.05, 4.69) is 31.2 Å². The number of rotatable bonds is 4. The molecule has 0 radical (unpaired) electrons. The van der Waals surface area contributed by atoms with E-state index in [0.29, 0.717) is 6.61 Å². The maximum absolute atomic E-state index is 5.95. The lowest BCUT2D eigenvalue weighted by Gasteiger charge is -2.13. The monoisotopic (exact) mass is 215 g/mol. The second-order valence-electron chi connectivity index (χ2n) is 3.90. The highest BCUT2D eigenvalue weighted by Crippen LogP contribution is 2.19. The normalized spacial score (nSPS) is 12.9. The van der Waals surface area contributed by atoms with E-state index in [4.69, 9.17) is 10.5 Å². The Balaban J connectivity index is 2.25. The van der Waals surface area contributed by atoms with E-state index in [1.807, 2.05) is 18.2 Å². The predicted molar refractivity (Wildman–Crippen MR) is 67.1 cm³/mol. The summed E-state index contributed by atoms with van der Waals surface area (Å²) in [6.07, 6.45) is 0.672. The van der Waals surface area contributed by atoms with Crippen LogP contribution in [0.1, 0.15) is 25.1 Å². The van der Waals surface area contributed by atoms with Gasteiger partial charge in [0, 0.05) is 6.61 Å². The molecule has 2 heteroatoms. The first-order valence-corrected chi connectivity index (χ1v) is 5.67. The van der Waals surface area contributed by atoms with Gasteiger partial charge in [0.05, 0.1) is 0 Å². The average Bonchev–Trinajstić information content (AvgIpc) is 2.35. The molecule has 1 unspecified atom stereocenters. The molecular weight excluding hydrogens is 198 g/mol. The highest BCUT2D eigenvalue weighted by atomic mass is 16.5. The minimum absolute atomic E-state index is 0.315. The standard InChI is InChI=1S/C14H17NO/c1-2-9-16-14(15)13-8-7-11-5-3-4-6-12(11)10-13/h3-8,10,14H,2,9,15H2,1H3. The summed E-state index contributed by atoms with van der Waals surface area (Å²) in [6, 6.07) is 14.5. The van der Waals surface area contributed by atoms with Crippen molar-refractivity contribution in [3.63, 3.8) is 0 Å². The molecular formula is C14H17NO. The zero-order valence-corrected chi connectivity index (χ0v) is 9.52. The van der Waals surface area contributed by atoms with Gasteiger partial charge >= 0.3 is 0 Å².